The summed E-state index contributed by atoms with van der Waals surface area (Å²) in [7, 11) is 1.73. The van der Waals surface area contributed by atoms with E-state index < -0.39 is 0 Å². The highest BCUT2D eigenvalue weighted by molar-refractivity contribution is 14.0. The molecule has 2 heterocycles. The van der Waals surface area contributed by atoms with Crippen molar-refractivity contribution in [1.82, 2.24) is 25.8 Å². The second-order valence-electron chi connectivity index (χ2n) is 6.49. The van der Waals surface area contributed by atoms with Gasteiger partial charge in [-0.3, -0.25) is 4.99 Å². The van der Waals surface area contributed by atoms with E-state index in [1.165, 1.54) is 0 Å². The molecule has 0 aliphatic rings. The summed E-state index contributed by atoms with van der Waals surface area (Å²) in [5.41, 5.74) is 2.89. The first-order valence-electron chi connectivity index (χ1n) is 9.38. The topological polar surface area (TPSA) is 101 Å². The maximum Gasteiger partial charge on any atom is 0.257 e. The minimum atomic E-state index is 0. The van der Waals surface area contributed by atoms with Gasteiger partial charge >= 0.3 is 0 Å². The van der Waals surface area contributed by atoms with Crippen molar-refractivity contribution in [2.75, 3.05) is 7.05 Å². The molecule has 0 radical (unpaired) electrons. The Hall–Kier alpha value is -2.43. The zero-order valence-electron chi connectivity index (χ0n) is 17.2. The minimum absolute atomic E-state index is 0. The predicted octanol–water partition coefficient (Wildman–Crippen LogP) is 3.78. The molecule has 0 unspecified atom stereocenters. The summed E-state index contributed by atoms with van der Waals surface area (Å²) in [6.45, 7) is 6.99. The summed E-state index contributed by atoms with van der Waals surface area (Å²) in [6, 6.07) is 8.01. The average Bonchev–Trinajstić information content (AvgIpc) is 3.29. The largest absolute Gasteiger partial charge is 0.444 e. The fourth-order valence-electron chi connectivity index (χ4n) is 2.69. The third kappa shape index (κ3) is 6.28. The van der Waals surface area contributed by atoms with Crippen molar-refractivity contribution in [2.45, 2.75) is 46.7 Å². The van der Waals surface area contributed by atoms with Crippen molar-refractivity contribution in [3.8, 4) is 11.5 Å². The standard InChI is InChI=1S/C20H26N6O2.HI/c1-5-7-17-25-19(28-26-17)16-9-6-8-15(10-16)11-22-20(21-4)23-12-18-24-13(2)14(3)27-18;/h6,8-10H,5,7,11-12H2,1-4H3,(H2,21,22,23);1H. The zero-order chi connectivity index (χ0) is 19.9. The van der Waals surface area contributed by atoms with Crippen LogP contribution < -0.4 is 10.6 Å². The van der Waals surface area contributed by atoms with Crippen LogP contribution in [0.3, 0.4) is 0 Å². The lowest BCUT2D eigenvalue weighted by molar-refractivity contribution is 0.422. The molecule has 0 bridgehead atoms. The molecule has 0 aliphatic heterocycles. The Balaban J connectivity index is 0.00000300. The highest BCUT2D eigenvalue weighted by Gasteiger charge is 2.10. The number of benzene rings is 1. The van der Waals surface area contributed by atoms with Gasteiger partial charge < -0.3 is 19.6 Å². The molecule has 0 fully saturated rings. The first-order chi connectivity index (χ1) is 13.6. The number of hydrogen-bond acceptors (Lipinski definition) is 6. The van der Waals surface area contributed by atoms with E-state index in [-0.39, 0.29) is 24.0 Å². The van der Waals surface area contributed by atoms with E-state index in [1.807, 2.05) is 38.1 Å². The Morgan fingerprint density at radius 3 is 2.62 bits per heavy atom. The number of oxazole rings is 1. The lowest BCUT2D eigenvalue weighted by atomic mass is 10.1. The third-order valence-electron chi connectivity index (χ3n) is 4.28. The van der Waals surface area contributed by atoms with Crippen LogP contribution in [0.25, 0.3) is 11.5 Å². The van der Waals surface area contributed by atoms with Crippen LogP contribution in [0.1, 0.15) is 42.1 Å². The first kappa shape index (κ1) is 22.9. The van der Waals surface area contributed by atoms with E-state index in [1.54, 1.807) is 7.05 Å². The molecule has 0 saturated carbocycles. The van der Waals surface area contributed by atoms with Gasteiger partial charge in [-0.05, 0) is 38.0 Å². The minimum Gasteiger partial charge on any atom is -0.444 e. The van der Waals surface area contributed by atoms with Gasteiger partial charge in [-0.15, -0.1) is 24.0 Å². The molecule has 0 spiro atoms. The molecule has 3 aromatic rings. The number of guanidine groups is 1. The molecule has 1 aromatic carbocycles. The van der Waals surface area contributed by atoms with Gasteiger partial charge in [-0.2, -0.15) is 4.98 Å². The number of aryl methyl sites for hydroxylation is 3. The molecule has 8 nitrogen and oxygen atoms in total. The number of nitrogens with zero attached hydrogens (tertiary/aromatic N) is 4. The van der Waals surface area contributed by atoms with Gasteiger partial charge in [0.15, 0.2) is 11.8 Å². The Morgan fingerprint density at radius 1 is 1.14 bits per heavy atom. The second-order valence-corrected chi connectivity index (χ2v) is 6.49. The van der Waals surface area contributed by atoms with Gasteiger partial charge in [0.05, 0.1) is 12.2 Å². The maximum atomic E-state index is 5.58. The Morgan fingerprint density at radius 2 is 1.93 bits per heavy atom. The Labute approximate surface area is 187 Å². The first-order valence-corrected chi connectivity index (χ1v) is 9.38. The summed E-state index contributed by atoms with van der Waals surface area (Å²) in [5.74, 6) is 3.42. The van der Waals surface area contributed by atoms with Crippen LogP contribution in [-0.4, -0.2) is 28.1 Å². The molecular weight excluding hydrogens is 483 g/mol. The van der Waals surface area contributed by atoms with Gasteiger partial charge in [-0.1, -0.05) is 24.2 Å². The highest BCUT2D eigenvalue weighted by Crippen LogP contribution is 2.19. The summed E-state index contributed by atoms with van der Waals surface area (Å²) < 4.78 is 10.9. The van der Waals surface area contributed by atoms with Crippen LogP contribution in [0.2, 0.25) is 0 Å². The number of rotatable bonds is 7. The summed E-state index contributed by atoms with van der Waals surface area (Å²) >= 11 is 0. The van der Waals surface area contributed by atoms with E-state index in [0.717, 1.165) is 41.2 Å². The fraction of sp³-hybridized carbons (Fsp3) is 0.400. The van der Waals surface area contributed by atoms with Crippen molar-refractivity contribution < 1.29 is 8.94 Å². The van der Waals surface area contributed by atoms with Crippen LogP contribution in [0.15, 0.2) is 38.2 Å². The van der Waals surface area contributed by atoms with Crippen molar-refractivity contribution in [3.63, 3.8) is 0 Å². The molecular formula is C20H27IN6O2. The Bertz CT molecular complexity index is 931. The molecule has 2 aromatic heterocycles. The molecule has 0 saturated heterocycles. The van der Waals surface area contributed by atoms with Crippen LogP contribution >= 0.6 is 24.0 Å². The quantitative estimate of drug-likeness (QED) is 0.284. The molecule has 2 N–H and O–H groups in total. The summed E-state index contributed by atoms with van der Waals surface area (Å²) in [5, 5.41) is 10.5. The van der Waals surface area contributed by atoms with Gasteiger partial charge in [0.1, 0.15) is 5.76 Å². The summed E-state index contributed by atoms with van der Waals surface area (Å²) in [4.78, 5) is 13.0. The van der Waals surface area contributed by atoms with Crippen molar-refractivity contribution in [1.29, 1.82) is 0 Å². The Kier molecular flexibility index (Phi) is 8.62. The molecule has 29 heavy (non-hydrogen) atoms. The number of halogens is 1. The molecule has 0 amide bonds. The zero-order valence-corrected chi connectivity index (χ0v) is 19.5. The molecule has 0 atom stereocenters. The van der Waals surface area contributed by atoms with Crippen LogP contribution in [0.4, 0.5) is 0 Å². The van der Waals surface area contributed by atoms with E-state index in [4.69, 9.17) is 8.94 Å². The maximum absolute atomic E-state index is 5.58. The average molecular weight is 510 g/mol. The van der Waals surface area contributed by atoms with E-state index in [9.17, 15) is 0 Å². The highest BCUT2D eigenvalue weighted by atomic mass is 127. The van der Waals surface area contributed by atoms with Gasteiger partial charge in [0.25, 0.3) is 5.89 Å². The lowest BCUT2D eigenvalue weighted by Gasteiger charge is -2.11. The van der Waals surface area contributed by atoms with Crippen LogP contribution in [-0.2, 0) is 19.5 Å². The summed E-state index contributed by atoms with van der Waals surface area (Å²) in [6.07, 6.45) is 1.80. The molecule has 0 aliphatic carbocycles. The van der Waals surface area contributed by atoms with E-state index >= 15 is 0 Å². The second kappa shape index (κ2) is 10.9. The number of aromatic nitrogens is 3. The third-order valence-corrected chi connectivity index (χ3v) is 4.28. The van der Waals surface area contributed by atoms with Gasteiger partial charge in [-0.25, -0.2) is 4.98 Å². The molecule has 3 rings (SSSR count). The number of hydrogen-bond donors (Lipinski definition) is 2. The SMILES string of the molecule is CCCc1noc(-c2cccc(CNC(=NC)NCc3nc(C)c(C)o3)c2)n1.I. The number of nitrogens with one attached hydrogen (secondary N) is 2. The van der Waals surface area contributed by atoms with Gasteiger partial charge in [0.2, 0.25) is 5.89 Å². The predicted molar refractivity (Wildman–Crippen MR) is 122 cm³/mol. The van der Waals surface area contributed by atoms with Crippen molar-refractivity contribution >= 4 is 29.9 Å². The molecule has 156 valence electrons. The van der Waals surface area contributed by atoms with Gasteiger partial charge in [0, 0.05) is 25.6 Å². The van der Waals surface area contributed by atoms with E-state index in [0.29, 0.717) is 30.8 Å². The van der Waals surface area contributed by atoms with E-state index in [2.05, 4.69) is 37.7 Å². The van der Waals surface area contributed by atoms with Crippen molar-refractivity contribution in [2.24, 2.45) is 4.99 Å². The number of aliphatic imine (C=N–C) groups is 1. The van der Waals surface area contributed by atoms with Crippen LogP contribution in [0, 0.1) is 13.8 Å². The fourth-order valence-corrected chi connectivity index (χ4v) is 2.69. The monoisotopic (exact) mass is 510 g/mol. The smallest absolute Gasteiger partial charge is 0.257 e. The lowest BCUT2D eigenvalue weighted by Crippen LogP contribution is -2.36. The van der Waals surface area contributed by atoms with Crippen molar-refractivity contribution in [3.05, 3.63) is 53.0 Å². The van der Waals surface area contributed by atoms with Crippen LogP contribution in [0.5, 0.6) is 0 Å². The molecule has 9 heteroatoms. The normalized spacial score (nSPS) is 11.2.